The van der Waals surface area contributed by atoms with Gasteiger partial charge in [0.2, 0.25) is 17.7 Å². The first-order valence-corrected chi connectivity index (χ1v) is 22.0. The number of alkyl carbamates (subject to hydrolysis) is 3. The molecule has 0 spiro atoms. The molecule has 2 aromatic carbocycles. The van der Waals surface area contributed by atoms with Crippen LogP contribution < -0.4 is 47.1 Å². The molecule has 1 aliphatic carbocycles. The molecule has 1 saturated carbocycles. The third kappa shape index (κ3) is 17.2. The first-order chi connectivity index (χ1) is 30.8. The molecular formula is C46H67N7O13. The average Bonchev–Trinajstić information content (AvgIpc) is 4.05. The number of methoxy groups -OCH3 is 1. The summed E-state index contributed by atoms with van der Waals surface area (Å²) in [7, 11) is 1.20. The molecule has 66 heavy (non-hydrogen) atoms. The summed E-state index contributed by atoms with van der Waals surface area (Å²) in [5.74, 6) is -2.51. The van der Waals surface area contributed by atoms with E-state index in [9.17, 15) is 33.6 Å². The van der Waals surface area contributed by atoms with Crippen molar-refractivity contribution in [1.82, 2.24) is 31.9 Å². The van der Waals surface area contributed by atoms with Crippen molar-refractivity contribution in [2.24, 2.45) is 11.7 Å². The van der Waals surface area contributed by atoms with E-state index in [2.05, 4.69) is 31.9 Å². The van der Waals surface area contributed by atoms with Gasteiger partial charge in [0.15, 0.2) is 0 Å². The number of carbonyl (C=O) groups is 7. The summed E-state index contributed by atoms with van der Waals surface area (Å²) in [5.41, 5.74) is 5.71. The van der Waals surface area contributed by atoms with Gasteiger partial charge in [0, 0.05) is 24.1 Å². The number of nitrogens with one attached hydrogen (secondary N) is 6. The van der Waals surface area contributed by atoms with Crippen molar-refractivity contribution in [2.45, 2.75) is 129 Å². The molecule has 20 heteroatoms. The van der Waals surface area contributed by atoms with E-state index in [1.807, 2.05) is 0 Å². The number of fused-ring (bicyclic) bond motifs is 5. The van der Waals surface area contributed by atoms with Crippen molar-refractivity contribution in [3.63, 3.8) is 0 Å². The molecule has 0 aromatic heterocycles. The van der Waals surface area contributed by atoms with Crippen LogP contribution in [0.5, 0.6) is 11.5 Å². The zero-order valence-corrected chi connectivity index (χ0v) is 39.6. The lowest BCUT2D eigenvalue weighted by atomic mass is 9.93. The van der Waals surface area contributed by atoms with Gasteiger partial charge in [-0.3, -0.25) is 14.4 Å². The van der Waals surface area contributed by atoms with Crippen molar-refractivity contribution < 1.29 is 62.0 Å². The predicted octanol–water partition coefficient (Wildman–Crippen LogP) is 3.67. The molecule has 1 aliphatic heterocycles. The zero-order valence-electron chi connectivity index (χ0n) is 39.6. The van der Waals surface area contributed by atoms with Gasteiger partial charge in [-0.2, -0.15) is 0 Å². The molecule has 0 saturated heterocycles. The molecule has 8 N–H and O–H groups in total. The molecule has 1 heterocycles. The van der Waals surface area contributed by atoms with Gasteiger partial charge in [0.05, 0.1) is 26.2 Å². The molecule has 2 aromatic rings. The van der Waals surface area contributed by atoms with E-state index < -0.39 is 82.9 Å². The summed E-state index contributed by atoms with van der Waals surface area (Å²) >= 11 is 0. The van der Waals surface area contributed by atoms with Crippen LogP contribution in [-0.4, -0.2) is 117 Å². The minimum atomic E-state index is -1.44. The van der Waals surface area contributed by atoms with Crippen LogP contribution in [0.25, 0.3) is 11.1 Å². The van der Waals surface area contributed by atoms with Crippen LogP contribution >= 0.6 is 0 Å². The molecule has 4 bridgehead atoms. The molecule has 1 fully saturated rings. The second-order valence-electron chi connectivity index (χ2n) is 19.0. The van der Waals surface area contributed by atoms with Crippen LogP contribution in [0.15, 0.2) is 36.4 Å². The Balaban J connectivity index is 1.79. The maximum atomic E-state index is 14.5. The van der Waals surface area contributed by atoms with Crippen molar-refractivity contribution in [3.05, 3.63) is 47.5 Å². The number of carbonyl (C=O) groups excluding carboxylic acids is 7. The third-order valence-corrected chi connectivity index (χ3v) is 9.65. The summed E-state index contributed by atoms with van der Waals surface area (Å²) in [4.78, 5) is 92.6. The minimum absolute atomic E-state index is 0.0168. The number of benzene rings is 2. The summed E-state index contributed by atoms with van der Waals surface area (Å²) in [6.45, 7) is 15.6. The van der Waals surface area contributed by atoms with Gasteiger partial charge in [-0.15, -0.1) is 0 Å². The van der Waals surface area contributed by atoms with Crippen LogP contribution in [0.1, 0.15) is 98.7 Å². The number of ether oxygens (including phenoxy) is 6. The summed E-state index contributed by atoms with van der Waals surface area (Å²) in [6.07, 6.45) is -0.764. The Bertz CT molecular complexity index is 2070. The Kier molecular flexibility index (Phi) is 18.0. The van der Waals surface area contributed by atoms with E-state index in [4.69, 9.17) is 34.2 Å². The van der Waals surface area contributed by atoms with Gasteiger partial charge in [0.25, 0.3) is 0 Å². The number of hydrogen-bond donors (Lipinski definition) is 7. The highest BCUT2D eigenvalue weighted by molar-refractivity contribution is 5.95. The Labute approximate surface area is 385 Å². The van der Waals surface area contributed by atoms with Gasteiger partial charge in [-0.1, -0.05) is 12.1 Å². The maximum absolute atomic E-state index is 14.5. The minimum Gasteiger partial charge on any atom is -0.491 e. The van der Waals surface area contributed by atoms with E-state index in [-0.39, 0.29) is 62.9 Å². The Hall–Kier alpha value is -6.31. The smallest absolute Gasteiger partial charge is 0.407 e. The standard InChI is InChI=1S/C46H67N7O13/c1-44(2,3)64-41(58)48-18-17-31(47)37(54)52-36-28-14-16-34(63-22-20-50-43(60)66-46(7,8)9)30(25-28)29-23-26(11-15-33(29)62-21-19-49-42(59)65-45(4,5)6)24-32(40(57)61-10)51-38(55)35(27-12-13-27)53-39(36)56/h11,14-16,23,25,27,31-32,35-36H,12-13,17-22,24,47H2,1-10H3,(H,48,58)(H,49,59)(H,50,60)(H,51,55)(H,52,54)(H,53,56)/t31-,32-,35-,36-/m0/s1. The van der Waals surface area contributed by atoms with Crippen LogP contribution in [-0.2, 0) is 44.5 Å². The quantitative estimate of drug-likeness (QED) is 0.0764. The van der Waals surface area contributed by atoms with Gasteiger partial charge < -0.3 is 66.1 Å². The number of esters is 1. The maximum Gasteiger partial charge on any atom is 0.407 e. The lowest BCUT2D eigenvalue weighted by Crippen LogP contribution is -2.55. The molecule has 4 atom stereocenters. The third-order valence-electron chi connectivity index (χ3n) is 9.65. The highest BCUT2D eigenvalue weighted by atomic mass is 16.6. The fourth-order valence-corrected chi connectivity index (χ4v) is 6.58. The first-order valence-electron chi connectivity index (χ1n) is 22.0. The number of hydrogen-bond acceptors (Lipinski definition) is 14. The Morgan fingerprint density at radius 2 is 1.20 bits per heavy atom. The second-order valence-corrected chi connectivity index (χ2v) is 19.0. The summed E-state index contributed by atoms with van der Waals surface area (Å²) in [6, 6.07) is 4.99. The highest BCUT2D eigenvalue weighted by Crippen LogP contribution is 2.40. The van der Waals surface area contributed by atoms with E-state index in [0.717, 1.165) is 0 Å². The van der Waals surface area contributed by atoms with Crippen LogP contribution in [0.2, 0.25) is 0 Å². The molecule has 0 radical (unpaired) electrons. The van der Waals surface area contributed by atoms with Crippen molar-refractivity contribution in [1.29, 1.82) is 0 Å². The predicted molar refractivity (Wildman–Crippen MR) is 241 cm³/mol. The van der Waals surface area contributed by atoms with Crippen LogP contribution in [0.3, 0.4) is 0 Å². The normalized spacial score (nSPS) is 18.1. The number of amides is 6. The molecule has 364 valence electrons. The summed E-state index contributed by atoms with van der Waals surface area (Å²) in [5, 5.41) is 16.2. The van der Waals surface area contributed by atoms with Gasteiger partial charge >= 0.3 is 24.2 Å². The molecule has 20 nitrogen and oxygen atoms in total. The molecule has 0 unspecified atom stereocenters. The van der Waals surface area contributed by atoms with Crippen LogP contribution in [0, 0.1) is 5.92 Å². The fraction of sp³-hybridized carbons (Fsp3) is 0.587. The first kappa shape index (κ1) is 52.3. The van der Waals surface area contributed by atoms with Crippen LogP contribution in [0.4, 0.5) is 14.4 Å². The van der Waals surface area contributed by atoms with E-state index in [1.165, 1.54) is 7.11 Å². The van der Waals surface area contributed by atoms with Crippen molar-refractivity contribution in [2.75, 3.05) is 40.0 Å². The van der Waals surface area contributed by atoms with E-state index >= 15 is 0 Å². The number of rotatable bonds is 15. The average molecular weight is 926 g/mol. The van der Waals surface area contributed by atoms with E-state index in [0.29, 0.717) is 35.3 Å². The monoisotopic (exact) mass is 925 g/mol. The molecule has 4 rings (SSSR count). The summed E-state index contributed by atoms with van der Waals surface area (Å²) < 4.78 is 33.6. The van der Waals surface area contributed by atoms with Gasteiger partial charge in [0.1, 0.15) is 59.6 Å². The van der Waals surface area contributed by atoms with Gasteiger partial charge in [-0.25, -0.2) is 19.2 Å². The SMILES string of the molecule is COC(=O)[C@@H]1Cc2ccc(OCCNC(=O)OC(C)(C)C)c(c2)-c2cc(ccc2OCCNC(=O)OC(C)(C)C)[C@H](NC(=O)[C@@H](N)CCNC(=O)OC(C)(C)C)C(=O)N[C@@H](C2CC2)C(=O)N1. The second kappa shape index (κ2) is 22.7. The zero-order chi connectivity index (χ0) is 49.0. The molecule has 6 amide bonds. The van der Waals surface area contributed by atoms with Gasteiger partial charge in [-0.05, 0) is 123 Å². The topological polar surface area (TPSA) is 273 Å². The molecular weight excluding hydrogens is 859 g/mol. The Morgan fingerprint density at radius 3 is 1.70 bits per heavy atom. The fourth-order valence-electron chi connectivity index (χ4n) is 6.58. The van der Waals surface area contributed by atoms with Crippen molar-refractivity contribution in [3.8, 4) is 22.6 Å². The lowest BCUT2D eigenvalue weighted by Gasteiger charge is -2.27. The molecule has 2 aliphatic rings. The highest BCUT2D eigenvalue weighted by Gasteiger charge is 2.41. The number of nitrogens with two attached hydrogens (primary N) is 1. The van der Waals surface area contributed by atoms with Crippen molar-refractivity contribution >= 4 is 42.0 Å². The largest absolute Gasteiger partial charge is 0.491 e. The lowest BCUT2D eigenvalue weighted by molar-refractivity contribution is -0.145. The van der Waals surface area contributed by atoms with E-state index in [1.54, 1.807) is 98.7 Å². The Morgan fingerprint density at radius 1 is 0.697 bits per heavy atom.